The highest BCUT2D eigenvalue weighted by molar-refractivity contribution is 7.99. The average Bonchev–Trinajstić information content (AvgIpc) is 2.01. The van der Waals surface area contributed by atoms with E-state index in [-0.39, 0.29) is 5.28 Å². The molecule has 0 spiro atoms. The van der Waals surface area contributed by atoms with Gasteiger partial charge in [0.1, 0.15) is 5.03 Å². The fourth-order valence-electron chi connectivity index (χ4n) is 0.544. The second kappa shape index (κ2) is 4.51. The highest BCUT2D eigenvalue weighted by Crippen LogP contribution is 2.15. The molecule has 0 atom stereocenters. The maximum atomic E-state index is 5.53. The van der Waals surface area contributed by atoms with Gasteiger partial charge < -0.3 is 0 Å². The standard InChI is InChI=1S/C6H8ClN3S/c1-2-3-11-5-4-8-10-6(7)9-5/h4H,2-3H2,1H3. The lowest BCUT2D eigenvalue weighted by Gasteiger charge is -1.95. The van der Waals surface area contributed by atoms with Gasteiger partial charge in [0.15, 0.2) is 0 Å². The molecule has 0 radical (unpaired) electrons. The molecule has 1 heterocycles. The first kappa shape index (κ1) is 8.74. The molecule has 60 valence electrons. The maximum absolute atomic E-state index is 5.53. The minimum Gasteiger partial charge on any atom is -0.208 e. The Bertz CT molecular complexity index is 231. The summed E-state index contributed by atoms with van der Waals surface area (Å²) in [4.78, 5) is 3.97. The normalized spacial score (nSPS) is 10.0. The molecule has 0 fully saturated rings. The van der Waals surface area contributed by atoms with Crippen LogP contribution in [-0.2, 0) is 0 Å². The monoisotopic (exact) mass is 189 g/mol. The van der Waals surface area contributed by atoms with Crippen molar-refractivity contribution in [1.29, 1.82) is 0 Å². The van der Waals surface area contributed by atoms with Crippen LogP contribution in [0.5, 0.6) is 0 Å². The lowest BCUT2D eigenvalue weighted by atomic mass is 10.6. The van der Waals surface area contributed by atoms with Gasteiger partial charge in [-0.3, -0.25) is 0 Å². The van der Waals surface area contributed by atoms with E-state index in [4.69, 9.17) is 11.6 Å². The number of thioether (sulfide) groups is 1. The third-order valence-electron chi connectivity index (χ3n) is 0.965. The molecular weight excluding hydrogens is 182 g/mol. The van der Waals surface area contributed by atoms with E-state index in [9.17, 15) is 0 Å². The number of halogens is 1. The van der Waals surface area contributed by atoms with E-state index in [0.29, 0.717) is 0 Å². The molecule has 0 aliphatic heterocycles. The average molecular weight is 190 g/mol. The summed E-state index contributed by atoms with van der Waals surface area (Å²) >= 11 is 7.16. The van der Waals surface area contributed by atoms with Crippen LogP contribution in [0.3, 0.4) is 0 Å². The Morgan fingerprint density at radius 1 is 1.64 bits per heavy atom. The lowest BCUT2D eigenvalue weighted by molar-refractivity contribution is 0.902. The van der Waals surface area contributed by atoms with E-state index < -0.39 is 0 Å². The van der Waals surface area contributed by atoms with Crippen molar-refractivity contribution in [3.8, 4) is 0 Å². The van der Waals surface area contributed by atoms with Crippen LogP contribution in [0.4, 0.5) is 0 Å². The fourth-order valence-corrected chi connectivity index (χ4v) is 1.41. The quantitative estimate of drug-likeness (QED) is 0.683. The van der Waals surface area contributed by atoms with Crippen molar-refractivity contribution in [3.63, 3.8) is 0 Å². The van der Waals surface area contributed by atoms with Crippen molar-refractivity contribution in [3.05, 3.63) is 11.5 Å². The summed E-state index contributed by atoms with van der Waals surface area (Å²) in [6.45, 7) is 2.11. The van der Waals surface area contributed by atoms with Crippen LogP contribution in [0, 0.1) is 0 Å². The number of nitrogens with zero attached hydrogens (tertiary/aromatic N) is 3. The molecule has 0 aliphatic rings. The molecule has 0 saturated heterocycles. The summed E-state index contributed by atoms with van der Waals surface area (Å²) < 4.78 is 0. The minimum atomic E-state index is 0.214. The zero-order valence-corrected chi connectivity index (χ0v) is 7.69. The van der Waals surface area contributed by atoms with E-state index in [0.717, 1.165) is 17.2 Å². The van der Waals surface area contributed by atoms with Gasteiger partial charge in [0.05, 0.1) is 6.20 Å². The van der Waals surface area contributed by atoms with Crippen molar-refractivity contribution in [2.24, 2.45) is 0 Å². The lowest BCUT2D eigenvalue weighted by Crippen LogP contribution is -1.88. The first-order valence-electron chi connectivity index (χ1n) is 3.31. The number of hydrogen-bond acceptors (Lipinski definition) is 4. The van der Waals surface area contributed by atoms with Crippen LogP contribution >= 0.6 is 23.4 Å². The van der Waals surface area contributed by atoms with Crippen LogP contribution in [0.25, 0.3) is 0 Å². The van der Waals surface area contributed by atoms with Gasteiger partial charge in [0.25, 0.3) is 0 Å². The van der Waals surface area contributed by atoms with Gasteiger partial charge in [0.2, 0.25) is 5.28 Å². The SMILES string of the molecule is CCCSc1cnnc(Cl)n1. The Morgan fingerprint density at radius 2 is 2.45 bits per heavy atom. The Kier molecular flexibility index (Phi) is 3.59. The van der Waals surface area contributed by atoms with Crippen molar-refractivity contribution < 1.29 is 0 Å². The third-order valence-corrected chi connectivity index (χ3v) is 2.23. The summed E-state index contributed by atoms with van der Waals surface area (Å²) in [6, 6.07) is 0. The Morgan fingerprint density at radius 3 is 3.09 bits per heavy atom. The minimum absolute atomic E-state index is 0.214. The van der Waals surface area contributed by atoms with Crippen molar-refractivity contribution in [2.75, 3.05) is 5.75 Å². The van der Waals surface area contributed by atoms with Crippen LogP contribution in [-0.4, -0.2) is 20.9 Å². The molecule has 0 unspecified atom stereocenters. The van der Waals surface area contributed by atoms with Crippen molar-refractivity contribution in [1.82, 2.24) is 15.2 Å². The number of aromatic nitrogens is 3. The number of rotatable bonds is 3. The molecule has 3 nitrogen and oxygen atoms in total. The molecule has 1 aromatic heterocycles. The Balaban J connectivity index is 2.56. The van der Waals surface area contributed by atoms with Gasteiger partial charge >= 0.3 is 0 Å². The zero-order chi connectivity index (χ0) is 8.10. The van der Waals surface area contributed by atoms with Gasteiger partial charge in [-0.25, -0.2) is 4.98 Å². The predicted octanol–water partition coefficient (Wildman–Crippen LogP) is 2.03. The summed E-state index contributed by atoms with van der Waals surface area (Å²) in [5, 5.41) is 8.26. The van der Waals surface area contributed by atoms with Gasteiger partial charge in [0, 0.05) is 0 Å². The molecular formula is C6H8ClN3S. The second-order valence-electron chi connectivity index (χ2n) is 1.91. The van der Waals surface area contributed by atoms with E-state index in [1.165, 1.54) is 0 Å². The van der Waals surface area contributed by atoms with Crippen molar-refractivity contribution >= 4 is 23.4 Å². The summed E-state index contributed by atoms with van der Waals surface area (Å²) in [7, 11) is 0. The second-order valence-corrected chi connectivity index (χ2v) is 3.37. The molecule has 0 amide bonds. The molecule has 0 bridgehead atoms. The topological polar surface area (TPSA) is 38.7 Å². The molecule has 0 N–H and O–H groups in total. The van der Waals surface area contributed by atoms with Gasteiger partial charge in [-0.15, -0.1) is 16.9 Å². The summed E-state index contributed by atoms with van der Waals surface area (Å²) in [6.07, 6.45) is 2.73. The predicted molar refractivity (Wildman–Crippen MR) is 45.9 cm³/mol. The van der Waals surface area contributed by atoms with Crippen LogP contribution in [0.2, 0.25) is 5.28 Å². The first-order valence-corrected chi connectivity index (χ1v) is 4.67. The fraction of sp³-hybridized carbons (Fsp3) is 0.500. The molecule has 11 heavy (non-hydrogen) atoms. The molecule has 5 heteroatoms. The Hall–Kier alpha value is -0.350. The molecule has 1 rings (SSSR count). The van der Waals surface area contributed by atoms with Crippen molar-refractivity contribution in [2.45, 2.75) is 18.4 Å². The van der Waals surface area contributed by atoms with Crippen LogP contribution in [0.1, 0.15) is 13.3 Å². The van der Waals surface area contributed by atoms with E-state index in [2.05, 4.69) is 22.1 Å². The zero-order valence-electron chi connectivity index (χ0n) is 6.12. The molecule has 0 aliphatic carbocycles. The van der Waals surface area contributed by atoms with E-state index in [1.54, 1.807) is 18.0 Å². The highest BCUT2D eigenvalue weighted by Gasteiger charge is 1.96. The maximum Gasteiger partial charge on any atom is 0.244 e. The van der Waals surface area contributed by atoms with Gasteiger partial charge in [-0.2, -0.15) is 5.10 Å². The Labute approximate surface area is 74.6 Å². The third kappa shape index (κ3) is 3.03. The van der Waals surface area contributed by atoms with Gasteiger partial charge in [-0.05, 0) is 23.8 Å². The van der Waals surface area contributed by atoms with Crippen LogP contribution < -0.4 is 0 Å². The molecule has 0 saturated carbocycles. The smallest absolute Gasteiger partial charge is 0.208 e. The van der Waals surface area contributed by atoms with Gasteiger partial charge in [-0.1, -0.05) is 6.92 Å². The molecule has 1 aromatic rings. The van der Waals surface area contributed by atoms with Crippen LogP contribution in [0.15, 0.2) is 11.2 Å². The summed E-state index contributed by atoms with van der Waals surface area (Å²) in [5.41, 5.74) is 0. The highest BCUT2D eigenvalue weighted by atomic mass is 35.5. The summed E-state index contributed by atoms with van der Waals surface area (Å²) in [5.74, 6) is 1.04. The molecule has 0 aromatic carbocycles. The number of hydrogen-bond donors (Lipinski definition) is 0. The van der Waals surface area contributed by atoms with E-state index in [1.807, 2.05) is 0 Å². The largest absolute Gasteiger partial charge is 0.244 e. The van der Waals surface area contributed by atoms with E-state index >= 15 is 0 Å². The first-order chi connectivity index (χ1) is 5.33.